The van der Waals surface area contributed by atoms with Crippen LogP contribution in [0.25, 0.3) is 0 Å². The molecule has 146 valence electrons. The number of anilines is 1. The van der Waals surface area contributed by atoms with Gasteiger partial charge in [-0.05, 0) is 23.8 Å². The lowest BCUT2D eigenvalue weighted by Gasteiger charge is -2.15. The van der Waals surface area contributed by atoms with Crippen LogP contribution >= 0.6 is 0 Å². The van der Waals surface area contributed by atoms with E-state index in [1.54, 1.807) is 12.1 Å². The van der Waals surface area contributed by atoms with Gasteiger partial charge in [-0.1, -0.05) is 30.3 Å². The van der Waals surface area contributed by atoms with Crippen molar-refractivity contribution in [3.63, 3.8) is 0 Å². The third-order valence-corrected chi connectivity index (χ3v) is 3.46. The highest BCUT2D eigenvalue weighted by atomic mass is 19.3. The Hall–Kier alpha value is -2.68. The van der Waals surface area contributed by atoms with E-state index in [0.717, 1.165) is 0 Å². The van der Waals surface area contributed by atoms with E-state index in [2.05, 4.69) is 15.4 Å². The highest BCUT2D eigenvalue weighted by Crippen LogP contribution is 2.23. The Balaban J connectivity index is 1.84. The maximum Gasteiger partial charge on any atom is 0.330 e. The van der Waals surface area contributed by atoms with Crippen molar-refractivity contribution in [1.29, 1.82) is 0 Å². The molecule has 0 aromatic heterocycles. The first-order valence-corrected chi connectivity index (χ1v) is 7.89. The summed E-state index contributed by atoms with van der Waals surface area (Å²) in [7, 11) is 0. The average molecular weight is 388 g/mol. The number of amides is 2. The Morgan fingerprint density at radius 3 is 2.56 bits per heavy atom. The fourth-order valence-electron chi connectivity index (χ4n) is 2.10. The standard InChI is InChI=1S/C18H17F5N2O2/c19-15-7-2-1-5-13(15)9-24-17(26)25-14-6-3-4-12(8-14)10-27-11-18(22,23)16(20)21/h1-8,16H,9-11H2,(H2,24,25,26). The van der Waals surface area contributed by atoms with Crippen LogP contribution < -0.4 is 10.6 Å². The van der Waals surface area contributed by atoms with Crippen molar-refractivity contribution < 1.29 is 31.5 Å². The quantitative estimate of drug-likeness (QED) is 0.651. The van der Waals surface area contributed by atoms with Crippen molar-refractivity contribution in [2.45, 2.75) is 25.5 Å². The lowest BCUT2D eigenvalue weighted by atomic mass is 10.2. The third kappa shape index (κ3) is 6.52. The predicted octanol–water partition coefficient (Wildman–Crippen LogP) is 4.56. The van der Waals surface area contributed by atoms with Crippen molar-refractivity contribution in [3.8, 4) is 0 Å². The minimum Gasteiger partial charge on any atom is -0.370 e. The SMILES string of the molecule is O=C(NCc1ccccc1F)Nc1cccc(COCC(F)(F)C(F)F)c1. The van der Waals surface area contributed by atoms with Crippen LogP contribution in [-0.2, 0) is 17.9 Å². The number of nitrogens with one attached hydrogen (secondary N) is 2. The average Bonchev–Trinajstić information content (AvgIpc) is 2.61. The summed E-state index contributed by atoms with van der Waals surface area (Å²) in [6.45, 7) is -1.76. The zero-order chi connectivity index (χ0) is 19.9. The van der Waals surface area contributed by atoms with Gasteiger partial charge in [0.15, 0.2) is 0 Å². The second-order valence-electron chi connectivity index (χ2n) is 5.65. The number of hydrogen-bond acceptors (Lipinski definition) is 2. The first kappa shape index (κ1) is 20.6. The molecular weight excluding hydrogens is 371 g/mol. The van der Waals surface area contributed by atoms with Crippen LogP contribution in [-0.4, -0.2) is 25.0 Å². The smallest absolute Gasteiger partial charge is 0.330 e. The molecule has 4 nitrogen and oxygen atoms in total. The van der Waals surface area contributed by atoms with E-state index in [-0.39, 0.29) is 13.2 Å². The molecule has 0 saturated carbocycles. The minimum absolute atomic E-state index is 0.0238. The molecule has 0 unspecified atom stereocenters. The molecule has 0 fully saturated rings. The number of rotatable bonds is 8. The number of ether oxygens (including phenoxy) is 1. The van der Waals surface area contributed by atoms with E-state index >= 15 is 0 Å². The molecule has 2 amide bonds. The summed E-state index contributed by atoms with van der Waals surface area (Å²) < 4.78 is 67.8. The van der Waals surface area contributed by atoms with Crippen molar-refractivity contribution in [2.24, 2.45) is 0 Å². The van der Waals surface area contributed by atoms with Crippen molar-refractivity contribution >= 4 is 11.7 Å². The van der Waals surface area contributed by atoms with Gasteiger partial charge < -0.3 is 15.4 Å². The zero-order valence-electron chi connectivity index (χ0n) is 14.0. The van der Waals surface area contributed by atoms with E-state index in [1.165, 1.54) is 36.4 Å². The number of halogens is 5. The zero-order valence-corrected chi connectivity index (χ0v) is 14.0. The first-order chi connectivity index (χ1) is 12.8. The Morgan fingerprint density at radius 1 is 1.11 bits per heavy atom. The molecule has 0 atom stereocenters. The molecule has 0 aliphatic rings. The summed E-state index contributed by atoms with van der Waals surface area (Å²) in [4.78, 5) is 11.9. The molecule has 9 heteroatoms. The number of benzene rings is 2. The molecule has 0 spiro atoms. The molecule has 2 rings (SSSR count). The maximum atomic E-state index is 13.5. The van der Waals surface area contributed by atoms with Gasteiger partial charge in [0.25, 0.3) is 0 Å². The molecule has 27 heavy (non-hydrogen) atoms. The topological polar surface area (TPSA) is 50.4 Å². The van der Waals surface area contributed by atoms with Crippen LogP contribution in [0.3, 0.4) is 0 Å². The Bertz CT molecular complexity index is 771. The molecule has 0 radical (unpaired) electrons. The molecule has 0 heterocycles. The first-order valence-electron chi connectivity index (χ1n) is 7.89. The van der Waals surface area contributed by atoms with Gasteiger partial charge in [0.2, 0.25) is 0 Å². The molecule has 2 N–H and O–H groups in total. The minimum atomic E-state index is -4.22. The molecule has 0 saturated heterocycles. The van der Waals surface area contributed by atoms with Gasteiger partial charge in [-0.3, -0.25) is 0 Å². The van der Waals surface area contributed by atoms with Crippen molar-refractivity contribution in [2.75, 3.05) is 11.9 Å². The van der Waals surface area contributed by atoms with Crippen molar-refractivity contribution in [3.05, 3.63) is 65.5 Å². The van der Waals surface area contributed by atoms with Gasteiger partial charge >= 0.3 is 18.4 Å². The maximum absolute atomic E-state index is 13.5. The monoisotopic (exact) mass is 388 g/mol. The molecule has 2 aromatic rings. The van der Waals surface area contributed by atoms with E-state index in [0.29, 0.717) is 16.8 Å². The number of carbonyl (C=O) groups is 1. The van der Waals surface area contributed by atoms with Crippen LogP contribution in [0, 0.1) is 5.82 Å². The number of carbonyl (C=O) groups excluding carboxylic acids is 1. The lowest BCUT2D eigenvalue weighted by Crippen LogP contribution is -2.32. The second kappa shape index (κ2) is 9.31. The Morgan fingerprint density at radius 2 is 1.85 bits per heavy atom. The van der Waals surface area contributed by atoms with Gasteiger partial charge in [0.05, 0.1) is 6.61 Å². The van der Waals surface area contributed by atoms with Gasteiger partial charge in [0, 0.05) is 17.8 Å². The molecule has 0 bridgehead atoms. The molecule has 0 aliphatic heterocycles. The Labute approximate surface area is 152 Å². The normalized spacial score (nSPS) is 11.5. The number of alkyl halides is 4. The summed E-state index contributed by atoms with van der Waals surface area (Å²) in [5.74, 6) is -4.67. The second-order valence-corrected chi connectivity index (χ2v) is 5.65. The third-order valence-electron chi connectivity index (χ3n) is 3.46. The van der Waals surface area contributed by atoms with Gasteiger partial charge in [-0.15, -0.1) is 0 Å². The van der Waals surface area contributed by atoms with Gasteiger partial charge in [0.1, 0.15) is 12.4 Å². The number of hydrogen-bond donors (Lipinski definition) is 2. The summed E-state index contributed by atoms with van der Waals surface area (Å²) in [5, 5.41) is 4.98. The van der Waals surface area contributed by atoms with Gasteiger partial charge in [-0.2, -0.15) is 8.78 Å². The Kier molecular flexibility index (Phi) is 7.12. The van der Waals surface area contributed by atoms with Crippen LogP contribution in [0.2, 0.25) is 0 Å². The summed E-state index contributed by atoms with van der Waals surface area (Å²) in [6.07, 6.45) is -3.80. The van der Waals surface area contributed by atoms with E-state index in [9.17, 15) is 26.7 Å². The summed E-state index contributed by atoms with van der Waals surface area (Å²) >= 11 is 0. The van der Waals surface area contributed by atoms with Crippen LogP contribution in [0.15, 0.2) is 48.5 Å². The number of urea groups is 1. The van der Waals surface area contributed by atoms with Crippen LogP contribution in [0.1, 0.15) is 11.1 Å². The lowest BCUT2D eigenvalue weighted by molar-refractivity contribution is -0.168. The van der Waals surface area contributed by atoms with E-state index in [1.807, 2.05) is 0 Å². The van der Waals surface area contributed by atoms with Crippen LogP contribution in [0.4, 0.5) is 32.4 Å². The molecule has 2 aromatic carbocycles. The highest BCUT2D eigenvalue weighted by Gasteiger charge is 2.40. The fraction of sp³-hybridized carbons (Fsp3) is 0.278. The van der Waals surface area contributed by atoms with Gasteiger partial charge in [-0.25, -0.2) is 18.0 Å². The molecular formula is C18H17F5N2O2. The molecule has 0 aliphatic carbocycles. The summed E-state index contributed by atoms with van der Waals surface area (Å²) in [6, 6.07) is 11.4. The highest BCUT2D eigenvalue weighted by molar-refractivity contribution is 5.89. The van der Waals surface area contributed by atoms with Crippen molar-refractivity contribution in [1.82, 2.24) is 5.32 Å². The van der Waals surface area contributed by atoms with Crippen LogP contribution in [0.5, 0.6) is 0 Å². The predicted molar refractivity (Wildman–Crippen MR) is 89.3 cm³/mol. The van der Waals surface area contributed by atoms with E-state index in [4.69, 9.17) is 0 Å². The largest absolute Gasteiger partial charge is 0.370 e. The fourth-order valence-corrected chi connectivity index (χ4v) is 2.10. The van der Waals surface area contributed by atoms with E-state index < -0.39 is 30.8 Å². The summed E-state index contributed by atoms with van der Waals surface area (Å²) in [5.41, 5.74) is 1.06.